The van der Waals surface area contributed by atoms with E-state index in [1.807, 2.05) is 19.1 Å². The molecule has 0 radical (unpaired) electrons. The zero-order chi connectivity index (χ0) is 17.8. The molecule has 0 aliphatic carbocycles. The fraction of sp³-hybridized carbons (Fsp3) is 0.300. The van der Waals surface area contributed by atoms with Crippen molar-refractivity contribution >= 4 is 17.3 Å². The first-order chi connectivity index (χ1) is 12.1. The Kier molecular flexibility index (Phi) is 4.90. The average molecular weight is 335 g/mol. The molecule has 0 aromatic heterocycles. The van der Waals surface area contributed by atoms with Gasteiger partial charge in [0.05, 0.1) is 11.6 Å². The lowest BCUT2D eigenvalue weighted by Gasteiger charge is -2.22. The van der Waals surface area contributed by atoms with Crippen LogP contribution in [0.5, 0.6) is 0 Å². The van der Waals surface area contributed by atoms with Gasteiger partial charge in [-0.2, -0.15) is 5.26 Å². The molecule has 5 nitrogen and oxygen atoms in total. The molecule has 25 heavy (non-hydrogen) atoms. The van der Waals surface area contributed by atoms with Crippen LogP contribution in [0.1, 0.15) is 35.6 Å². The van der Waals surface area contributed by atoms with E-state index in [2.05, 4.69) is 22.4 Å². The van der Waals surface area contributed by atoms with Crippen LogP contribution in [-0.2, 0) is 4.79 Å². The predicted molar refractivity (Wildman–Crippen MR) is 97.8 cm³/mol. The van der Waals surface area contributed by atoms with Gasteiger partial charge in [0.25, 0.3) is 0 Å². The lowest BCUT2D eigenvalue weighted by atomic mass is 10.0. The maximum absolute atomic E-state index is 11.8. The largest absolute Gasteiger partial charge is 0.479 e. The van der Waals surface area contributed by atoms with Gasteiger partial charge in [-0.25, -0.2) is 4.79 Å². The highest BCUT2D eigenvalue weighted by molar-refractivity contribution is 5.80. The Labute approximate surface area is 147 Å². The summed E-state index contributed by atoms with van der Waals surface area (Å²) in [6.45, 7) is 4.02. The van der Waals surface area contributed by atoms with Crippen LogP contribution in [0.15, 0.2) is 42.5 Å². The molecule has 1 aliphatic rings. The number of hydrogen-bond acceptors (Lipinski definition) is 4. The second-order valence-electron chi connectivity index (χ2n) is 6.40. The van der Waals surface area contributed by atoms with E-state index in [1.54, 1.807) is 24.3 Å². The summed E-state index contributed by atoms with van der Waals surface area (Å²) in [6, 6.07) is 14.0. The van der Waals surface area contributed by atoms with E-state index in [9.17, 15) is 9.90 Å². The maximum atomic E-state index is 11.8. The number of nitriles is 1. The Hall–Kier alpha value is -3.00. The average Bonchev–Trinajstić information content (AvgIpc) is 3.14. The molecule has 1 saturated heterocycles. The lowest BCUT2D eigenvalue weighted by Crippen LogP contribution is -2.22. The van der Waals surface area contributed by atoms with Gasteiger partial charge in [-0.3, -0.25) is 0 Å². The number of hydrogen-bond donors (Lipinski definition) is 2. The minimum atomic E-state index is -0.928. The van der Waals surface area contributed by atoms with Crippen molar-refractivity contribution in [1.29, 1.82) is 5.26 Å². The third-order valence-electron chi connectivity index (χ3n) is 4.46. The lowest BCUT2D eigenvalue weighted by molar-refractivity contribution is -0.138. The van der Waals surface area contributed by atoms with E-state index >= 15 is 0 Å². The molecular formula is C20H21N3O2. The number of benzene rings is 2. The number of nitrogens with zero attached hydrogens (tertiary/aromatic N) is 2. The second kappa shape index (κ2) is 7.27. The van der Waals surface area contributed by atoms with Crippen molar-refractivity contribution in [1.82, 2.24) is 0 Å². The normalized spacial score (nSPS) is 14.8. The molecule has 0 saturated carbocycles. The van der Waals surface area contributed by atoms with Gasteiger partial charge in [-0.15, -0.1) is 0 Å². The molecule has 1 heterocycles. The van der Waals surface area contributed by atoms with Crippen LogP contribution in [0, 0.1) is 18.3 Å². The summed E-state index contributed by atoms with van der Waals surface area (Å²) >= 11 is 0. The van der Waals surface area contributed by atoms with Gasteiger partial charge in [0.2, 0.25) is 0 Å². The maximum Gasteiger partial charge on any atom is 0.330 e. The summed E-state index contributed by atoms with van der Waals surface area (Å²) in [5.41, 5.74) is 4.09. The molecule has 0 amide bonds. The number of anilines is 2. The molecule has 2 aromatic rings. The zero-order valence-electron chi connectivity index (χ0n) is 14.2. The van der Waals surface area contributed by atoms with Gasteiger partial charge < -0.3 is 15.3 Å². The Morgan fingerprint density at radius 3 is 2.48 bits per heavy atom. The molecule has 0 bridgehead atoms. The summed E-state index contributed by atoms with van der Waals surface area (Å²) in [5, 5.41) is 21.6. The van der Waals surface area contributed by atoms with Gasteiger partial charge >= 0.3 is 5.97 Å². The van der Waals surface area contributed by atoms with Crippen molar-refractivity contribution in [3.63, 3.8) is 0 Å². The minimum absolute atomic E-state index is 0.546. The van der Waals surface area contributed by atoms with Crippen LogP contribution in [-0.4, -0.2) is 24.2 Å². The molecule has 2 N–H and O–H groups in total. The third kappa shape index (κ3) is 3.92. The molecule has 128 valence electrons. The number of carboxylic acids is 1. The van der Waals surface area contributed by atoms with Crippen molar-refractivity contribution in [2.24, 2.45) is 0 Å². The van der Waals surface area contributed by atoms with Crippen LogP contribution in [0.2, 0.25) is 0 Å². The van der Waals surface area contributed by atoms with Crippen LogP contribution in [0.25, 0.3) is 0 Å². The van der Waals surface area contributed by atoms with E-state index in [-0.39, 0.29) is 0 Å². The van der Waals surface area contributed by atoms with E-state index in [0.717, 1.165) is 29.9 Å². The standard InChI is InChI=1S/C20H21N3O2/c1-14-10-16(12-18(11-14)23-8-2-3-9-23)19(20(24)25)22-17-6-4-15(13-21)5-7-17/h4-7,10-12,19,22H,2-3,8-9H2,1H3,(H,24,25). The summed E-state index contributed by atoms with van der Waals surface area (Å²) in [5.74, 6) is -0.928. The van der Waals surface area contributed by atoms with Crippen molar-refractivity contribution in [3.05, 3.63) is 59.2 Å². The van der Waals surface area contributed by atoms with Crippen LogP contribution in [0.4, 0.5) is 11.4 Å². The summed E-state index contributed by atoms with van der Waals surface area (Å²) < 4.78 is 0. The van der Waals surface area contributed by atoms with Crippen LogP contribution < -0.4 is 10.2 Å². The Morgan fingerprint density at radius 1 is 1.20 bits per heavy atom. The molecule has 5 heteroatoms. The molecule has 1 unspecified atom stereocenters. The highest BCUT2D eigenvalue weighted by Gasteiger charge is 2.22. The highest BCUT2D eigenvalue weighted by Crippen LogP contribution is 2.28. The smallest absolute Gasteiger partial charge is 0.330 e. The van der Waals surface area contributed by atoms with E-state index in [1.165, 1.54) is 12.8 Å². The number of carbonyl (C=O) groups is 1. The van der Waals surface area contributed by atoms with E-state index < -0.39 is 12.0 Å². The molecule has 0 spiro atoms. The van der Waals surface area contributed by atoms with Gasteiger partial charge in [-0.1, -0.05) is 6.07 Å². The van der Waals surface area contributed by atoms with Gasteiger partial charge in [0.1, 0.15) is 0 Å². The second-order valence-corrected chi connectivity index (χ2v) is 6.40. The summed E-state index contributed by atoms with van der Waals surface area (Å²) in [6.07, 6.45) is 2.35. The van der Waals surface area contributed by atoms with Gasteiger partial charge in [0, 0.05) is 24.5 Å². The van der Waals surface area contributed by atoms with Gasteiger partial charge in [0.15, 0.2) is 6.04 Å². The first-order valence-corrected chi connectivity index (χ1v) is 8.43. The van der Waals surface area contributed by atoms with Gasteiger partial charge in [-0.05, 0) is 67.3 Å². The van der Waals surface area contributed by atoms with Crippen LogP contribution in [0.3, 0.4) is 0 Å². The Morgan fingerprint density at radius 2 is 1.88 bits per heavy atom. The zero-order valence-corrected chi connectivity index (χ0v) is 14.2. The molecule has 1 aliphatic heterocycles. The van der Waals surface area contributed by atoms with Crippen LogP contribution >= 0.6 is 0 Å². The Bertz CT molecular complexity index is 803. The summed E-state index contributed by atoms with van der Waals surface area (Å²) in [4.78, 5) is 14.1. The number of aryl methyl sites for hydroxylation is 1. The predicted octanol–water partition coefficient (Wildman–Crippen LogP) is 3.70. The molecular weight excluding hydrogens is 314 g/mol. The Balaban J connectivity index is 1.89. The monoisotopic (exact) mass is 335 g/mol. The minimum Gasteiger partial charge on any atom is -0.479 e. The first-order valence-electron chi connectivity index (χ1n) is 8.43. The summed E-state index contributed by atoms with van der Waals surface area (Å²) in [7, 11) is 0. The fourth-order valence-corrected chi connectivity index (χ4v) is 3.21. The van der Waals surface area contributed by atoms with Crippen molar-refractivity contribution < 1.29 is 9.90 Å². The van der Waals surface area contributed by atoms with Crippen molar-refractivity contribution in [2.75, 3.05) is 23.3 Å². The topological polar surface area (TPSA) is 76.4 Å². The number of nitrogens with one attached hydrogen (secondary N) is 1. The van der Waals surface area contributed by atoms with E-state index in [0.29, 0.717) is 11.3 Å². The van der Waals surface area contributed by atoms with Crippen molar-refractivity contribution in [3.8, 4) is 6.07 Å². The molecule has 3 rings (SSSR count). The number of aliphatic carboxylic acids is 1. The molecule has 1 atom stereocenters. The third-order valence-corrected chi connectivity index (χ3v) is 4.46. The fourth-order valence-electron chi connectivity index (χ4n) is 3.21. The molecule has 2 aromatic carbocycles. The number of carboxylic acid groups (broad SMARTS) is 1. The molecule has 1 fully saturated rings. The first kappa shape index (κ1) is 16.8. The number of rotatable bonds is 5. The van der Waals surface area contributed by atoms with E-state index in [4.69, 9.17) is 5.26 Å². The highest BCUT2D eigenvalue weighted by atomic mass is 16.4. The quantitative estimate of drug-likeness (QED) is 0.871. The van der Waals surface area contributed by atoms with Crippen molar-refractivity contribution in [2.45, 2.75) is 25.8 Å². The SMILES string of the molecule is Cc1cc(C(Nc2ccc(C#N)cc2)C(=O)O)cc(N2CCCC2)c1.